The number of non-ortho nitro benzene ring substituents is 1. The Kier molecular flexibility index (Phi) is 6.07. The first-order valence-corrected chi connectivity index (χ1v) is 9.96. The maximum atomic E-state index is 13.8. The van der Waals surface area contributed by atoms with Crippen LogP contribution in [0.2, 0.25) is 0 Å². The fourth-order valence-corrected chi connectivity index (χ4v) is 3.10. The minimum absolute atomic E-state index is 0.0933. The SMILES string of the molecule is CCOc1nc(-c2cccc(F)c2)n(-c2ccc(NC(=O)c3ccc([N+](=O)[O-])cc3)cc2)n1. The molecule has 0 atom stereocenters. The highest BCUT2D eigenvalue weighted by Gasteiger charge is 2.16. The van der Waals surface area contributed by atoms with Gasteiger partial charge in [0, 0.05) is 28.9 Å². The van der Waals surface area contributed by atoms with Crippen LogP contribution in [0.3, 0.4) is 0 Å². The van der Waals surface area contributed by atoms with Gasteiger partial charge in [-0.05, 0) is 55.5 Å². The molecule has 0 aliphatic carbocycles. The lowest BCUT2D eigenvalue weighted by atomic mass is 10.2. The number of rotatable bonds is 7. The van der Waals surface area contributed by atoms with E-state index in [9.17, 15) is 19.3 Å². The number of nitrogens with one attached hydrogen (secondary N) is 1. The zero-order valence-corrected chi connectivity index (χ0v) is 17.4. The minimum Gasteiger partial charge on any atom is -0.463 e. The molecular weight excluding hydrogens is 429 g/mol. The normalized spacial score (nSPS) is 10.6. The Labute approximate surface area is 187 Å². The van der Waals surface area contributed by atoms with Crippen molar-refractivity contribution in [1.82, 2.24) is 14.8 Å². The summed E-state index contributed by atoms with van der Waals surface area (Å²) in [6.07, 6.45) is 0. The number of carbonyl (C=O) groups is 1. The Morgan fingerprint density at radius 3 is 2.48 bits per heavy atom. The molecule has 4 rings (SSSR count). The van der Waals surface area contributed by atoms with E-state index in [0.29, 0.717) is 29.4 Å². The monoisotopic (exact) mass is 447 g/mol. The van der Waals surface area contributed by atoms with E-state index in [1.807, 2.05) is 6.92 Å². The molecule has 10 heteroatoms. The van der Waals surface area contributed by atoms with Gasteiger partial charge in [0.25, 0.3) is 11.6 Å². The molecule has 9 nitrogen and oxygen atoms in total. The summed E-state index contributed by atoms with van der Waals surface area (Å²) < 4.78 is 20.7. The molecule has 166 valence electrons. The van der Waals surface area contributed by atoms with Crippen LogP contribution in [-0.4, -0.2) is 32.2 Å². The fourth-order valence-electron chi connectivity index (χ4n) is 3.10. The van der Waals surface area contributed by atoms with Gasteiger partial charge in [-0.15, -0.1) is 5.10 Å². The van der Waals surface area contributed by atoms with Crippen LogP contribution in [0.4, 0.5) is 15.8 Å². The number of anilines is 1. The van der Waals surface area contributed by atoms with Crippen molar-refractivity contribution >= 4 is 17.3 Å². The zero-order valence-electron chi connectivity index (χ0n) is 17.4. The molecule has 1 aromatic heterocycles. The first kappa shape index (κ1) is 21.6. The van der Waals surface area contributed by atoms with Crippen molar-refractivity contribution in [1.29, 1.82) is 0 Å². The molecule has 0 spiro atoms. The molecule has 33 heavy (non-hydrogen) atoms. The first-order chi connectivity index (χ1) is 15.9. The van der Waals surface area contributed by atoms with Gasteiger partial charge >= 0.3 is 6.01 Å². The topological polar surface area (TPSA) is 112 Å². The summed E-state index contributed by atoms with van der Waals surface area (Å²) in [5.41, 5.74) is 1.87. The summed E-state index contributed by atoms with van der Waals surface area (Å²) in [5, 5.41) is 17.8. The van der Waals surface area contributed by atoms with E-state index in [1.54, 1.807) is 36.4 Å². The molecule has 0 aliphatic heterocycles. The first-order valence-electron chi connectivity index (χ1n) is 9.96. The third-order valence-corrected chi connectivity index (χ3v) is 4.65. The van der Waals surface area contributed by atoms with Gasteiger partial charge in [0.1, 0.15) is 5.82 Å². The molecular formula is C23H18FN5O4. The van der Waals surface area contributed by atoms with Crippen molar-refractivity contribution in [3.05, 3.63) is 94.3 Å². The molecule has 1 amide bonds. The summed E-state index contributed by atoms with van der Waals surface area (Å²) in [6.45, 7) is 2.19. The van der Waals surface area contributed by atoms with E-state index < -0.39 is 16.6 Å². The third kappa shape index (κ3) is 4.85. The standard InChI is InChI=1S/C23H18FN5O4/c1-2-33-23-26-21(16-4-3-5-17(24)14-16)28(27-23)19-12-8-18(9-13-19)25-22(30)15-6-10-20(11-7-15)29(31)32/h3-14H,2H2,1H3,(H,25,30). The number of halogens is 1. The predicted molar refractivity (Wildman–Crippen MR) is 119 cm³/mol. The molecule has 0 fully saturated rings. The largest absolute Gasteiger partial charge is 0.463 e. The van der Waals surface area contributed by atoms with Crippen LogP contribution < -0.4 is 10.1 Å². The van der Waals surface area contributed by atoms with Crippen LogP contribution in [0.25, 0.3) is 17.1 Å². The maximum absolute atomic E-state index is 13.8. The van der Waals surface area contributed by atoms with E-state index in [-0.39, 0.29) is 17.3 Å². The van der Waals surface area contributed by atoms with Gasteiger partial charge in [-0.25, -0.2) is 9.07 Å². The second kappa shape index (κ2) is 9.27. The number of carbonyl (C=O) groups excluding carboxylic acids is 1. The van der Waals surface area contributed by atoms with Crippen molar-refractivity contribution in [3.63, 3.8) is 0 Å². The smallest absolute Gasteiger partial charge is 0.336 e. The molecule has 0 saturated carbocycles. The molecule has 0 aliphatic rings. The maximum Gasteiger partial charge on any atom is 0.336 e. The summed E-state index contributed by atoms with van der Waals surface area (Å²) in [6, 6.07) is 18.3. The molecule has 1 N–H and O–H groups in total. The van der Waals surface area contributed by atoms with Gasteiger partial charge < -0.3 is 10.1 Å². The second-order valence-corrected chi connectivity index (χ2v) is 6.88. The quantitative estimate of drug-likeness (QED) is 0.326. The van der Waals surface area contributed by atoms with Gasteiger partial charge in [-0.3, -0.25) is 14.9 Å². The van der Waals surface area contributed by atoms with Gasteiger partial charge in [0.15, 0.2) is 5.82 Å². The number of nitrogens with zero attached hydrogens (tertiary/aromatic N) is 4. The van der Waals surface area contributed by atoms with Gasteiger partial charge in [0.2, 0.25) is 0 Å². The number of amides is 1. The van der Waals surface area contributed by atoms with Gasteiger partial charge in [0.05, 0.1) is 17.2 Å². The summed E-state index contributed by atoms with van der Waals surface area (Å²) in [5.74, 6) is -0.401. The van der Waals surface area contributed by atoms with Crippen LogP contribution in [-0.2, 0) is 0 Å². The number of hydrogen-bond acceptors (Lipinski definition) is 6. The average Bonchev–Trinajstić information content (AvgIpc) is 3.24. The molecule has 0 radical (unpaired) electrons. The van der Waals surface area contributed by atoms with E-state index in [0.717, 1.165) is 0 Å². The van der Waals surface area contributed by atoms with Crippen LogP contribution in [0.5, 0.6) is 6.01 Å². The summed E-state index contributed by atoms with van der Waals surface area (Å²) >= 11 is 0. The fraction of sp³-hybridized carbons (Fsp3) is 0.0870. The van der Waals surface area contributed by atoms with Crippen molar-refractivity contribution < 1.29 is 18.8 Å². The average molecular weight is 447 g/mol. The highest BCUT2D eigenvalue weighted by molar-refractivity contribution is 6.04. The van der Waals surface area contributed by atoms with E-state index >= 15 is 0 Å². The molecule has 4 aromatic rings. The molecule has 0 saturated heterocycles. The Bertz CT molecular complexity index is 1300. The predicted octanol–water partition coefficient (Wildman–Crippen LogP) is 4.63. The Morgan fingerprint density at radius 1 is 1.12 bits per heavy atom. The summed E-state index contributed by atoms with van der Waals surface area (Å²) in [7, 11) is 0. The molecule has 1 heterocycles. The third-order valence-electron chi connectivity index (χ3n) is 4.65. The lowest BCUT2D eigenvalue weighted by Gasteiger charge is -2.08. The number of benzene rings is 3. The van der Waals surface area contributed by atoms with Crippen molar-refractivity contribution in [2.75, 3.05) is 11.9 Å². The zero-order chi connectivity index (χ0) is 23.4. The highest BCUT2D eigenvalue weighted by Crippen LogP contribution is 2.25. The highest BCUT2D eigenvalue weighted by atomic mass is 19.1. The van der Waals surface area contributed by atoms with Gasteiger partial charge in [-0.2, -0.15) is 4.98 Å². The van der Waals surface area contributed by atoms with E-state index in [4.69, 9.17) is 4.74 Å². The molecule has 0 unspecified atom stereocenters. The van der Waals surface area contributed by atoms with Crippen molar-refractivity contribution in [3.8, 4) is 23.1 Å². The van der Waals surface area contributed by atoms with E-state index in [2.05, 4.69) is 15.4 Å². The number of aromatic nitrogens is 3. The van der Waals surface area contributed by atoms with Crippen LogP contribution in [0, 0.1) is 15.9 Å². The lowest BCUT2D eigenvalue weighted by Crippen LogP contribution is -2.12. The van der Waals surface area contributed by atoms with Crippen LogP contribution in [0.15, 0.2) is 72.8 Å². The van der Waals surface area contributed by atoms with Crippen molar-refractivity contribution in [2.24, 2.45) is 0 Å². The van der Waals surface area contributed by atoms with Crippen molar-refractivity contribution in [2.45, 2.75) is 6.92 Å². The molecule has 3 aromatic carbocycles. The number of nitro groups is 1. The lowest BCUT2D eigenvalue weighted by molar-refractivity contribution is -0.384. The minimum atomic E-state index is -0.528. The second-order valence-electron chi connectivity index (χ2n) is 6.88. The van der Waals surface area contributed by atoms with E-state index in [1.165, 1.54) is 41.1 Å². The van der Waals surface area contributed by atoms with Gasteiger partial charge in [-0.1, -0.05) is 12.1 Å². The summed E-state index contributed by atoms with van der Waals surface area (Å²) in [4.78, 5) is 27.0. The van der Waals surface area contributed by atoms with Crippen LogP contribution >= 0.6 is 0 Å². The molecule has 0 bridgehead atoms. The number of ether oxygens (including phenoxy) is 1. The number of nitro benzene ring substituents is 1. The Morgan fingerprint density at radius 2 is 1.85 bits per heavy atom. The Hall–Kier alpha value is -4.60. The number of hydrogen-bond donors (Lipinski definition) is 1. The van der Waals surface area contributed by atoms with Crippen LogP contribution in [0.1, 0.15) is 17.3 Å². The Balaban J connectivity index is 1.58.